The second kappa shape index (κ2) is 11.8. The molecule has 37 heavy (non-hydrogen) atoms. The first kappa shape index (κ1) is 26.7. The van der Waals surface area contributed by atoms with Gasteiger partial charge in [0.15, 0.2) is 22.4 Å². The van der Waals surface area contributed by atoms with E-state index in [9.17, 15) is 14.0 Å². The Hall–Kier alpha value is -3.40. The maximum atomic E-state index is 13.8. The van der Waals surface area contributed by atoms with Crippen LogP contribution in [0.1, 0.15) is 18.1 Å². The second-order valence-electron chi connectivity index (χ2n) is 7.94. The zero-order valence-electron chi connectivity index (χ0n) is 19.9. The zero-order chi connectivity index (χ0) is 26.5. The highest BCUT2D eigenvalue weighted by atomic mass is 35.5. The van der Waals surface area contributed by atoms with Crippen LogP contribution >= 0.6 is 35.6 Å². The van der Waals surface area contributed by atoms with Gasteiger partial charge in [0.2, 0.25) is 0 Å². The van der Waals surface area contributed by atoms with E-state index in [2.05, 4.69) is 5.32 Å². The molecule has 1 saturated heterocycles. The van der Waals surface area contributed by atoms with Gasteiger partial charge in [0.1, 0.15) is 5.82 Å². The molecule has 4 rings (SSSR count). The number of ether oxygens (including phenoxy) is 2. The van der Waals surface area contributed by atoms with Crippen LogP contribution in [0.25, 0.3) is 6.08 Å². The van der Waals surface area contributed by atoms with Crippen molar-refractivity contribution in [3.63, 3.8) is 0 Å². The molecule has 6 nitrogen and oxygen atoms in total. The number of aryl methyl sites for hydroxylation is 1. The van der Waals surface area contributed by atoms with Gasteiger partial charge in [0.25, 0.3) is 11.8 Å². The number of amides is 2. The summed E-state index contributed by atoms with van der Waals surface area (Å²) in [4.78, 5) is 27.4. The zero-order valence-corrected chi connectivity index (χ0v) is 22.3. The minimum absolute atomic E-state index is 0.0468. The summed E-state index contributed by atoms with van der Waals surface area (Å²) < 4.78 is 25.6. The molecule has 1 aliphatic heterocycles. The van der Waals surface area contributed by atoms with Gasteiger partial charge < -0.3 is 14.8 Å². The van der Waals surface area contributed by atoms with Gasteiger partial charge in [-0.15, -0.1) is 0 Å². The number of nitrogens with zero attached hydrogens (tertiary/aromatic N) is 1. The van der Waals surface area contributed by atoms with Crippen LogP contribution in [-0.4, -0.2) is 29.3 Å². The SMILES string of the molecule is CCOc1cc(/C=C2\SC(=S)N(c3cccc(C)c3)C2=O)cc(Cl)c1OCC(=O)Nc1ccccc1F. The first-order chi connectivity index (χ1) is 17.8. The summed E-state index contributed by atoms with van der Waals surface area (Å²) in [6.45, 7) is 3.64. The van der Waals surface area contributed by atoms with Gasteiger partial charge in [-0.3, -0.25) is 14.5 Å². The molecule has 1 fully saturated rings. The number of halogens is 2. The summed E-state index contributed by atoms with van der Waals surface area (Å²) in [7, 11) is 0. The normalized spacial score (nSPS) is 14.3. The third kappa shape index (κ3) is 6.30. The largest absolute Gasteiger partial charge is 0.490 e. The van der Waals surface area contributed by atoms with Gasteiger partial charge >= 0.3 is 0 Å². The van der Waals surface area contributed by atoms with Crippen LogP contribution in [0, 0.1) is 12.7 Å². The smallest absolute Gasteiger partial charge is 0.270 e. The predicted octanol–water partition coefficient (Wildman–Crippen LogP) is 6.61. The number of hydrogen-bond acceptors (Lipinski definition) is 6. The summed E-state index contributed by atoms with van der Waals surface area (Å²) >= 11 is 13.1. The summed E-state index contributed by atoms with van der Waals surface area (Å²) in [6.07, 6.45) is 1.68. The van der Waals surface area contributed by atoms with E-state index in [0.29, 0.717) is 32.8 Å². The average Bonchev–Trinajstić information content (AvgIpc) is 3.12. The molecule has 0 radical (unpaired) electrons. The van der Waals surface area contributed by atoms with E-state index >= 15 is 0 Å². The Kier molecular flexibility index (Phi) is 8.48. The van der Waals surface area contributed by atoms with Crippen molar-refractivity contribution >= 4 is 69.2 Å². The fourth-order valence-corrected chi connectivity index (χ4v) is 5.14. The average molecular weight is 557 g/mol. The quantitative estimate of drug-likeness (QED) is 0.249. The number of carbonyl (C=O) groups is 2. The number of thioether (sulfide) groups is 1. The standard InChI is InChI=1S/C27H22ClFN2O4S2/c1-3-34-22-13-17(14-23-26(33)31(27(36)37-23)18-8-6-7-16(2)11-18)12-19(28)25(22)35-15-24(32)30-21-10-5-4-9-20(21)29/h4-14H,3,15H2,1-2H3,(H,30,32)/b23-14-. The number of rotatable bonds is 8. The maximum Gasteiger partial charge on any atom is 0.270 e. The highest BCUT2D eigenvalue weighted by Crippen LogP contribution is 2.40. The Labute approximate surface area is 228 Å². The van der Waals surface area contributed by atoms with E-state index in [-0.39, 0.29) is 22.4 Å². The summed E-state index contributed by atoms with van der Waals surface area (Å²) in [5.74, 6) is -0.890. The molecule has 0 aromatic heterocycles. The molecular formula is C27H22ClFN2O4S2. The fourth-order valence-electron chi connectivity index (χ4n) is 3.57. The molecule has 3 aromatic rings. The van der Waals surface area contributed by atoms with Crippen molar-refractivity contribution in [3.8, 4) is 11.5 Å². The molecule has 2 amide bonds. The van der Waals surface area contributed by atoms with Crippen LogP contribution in [-0.2, 0) is 9.59 Å². The molecule has 0 bridgehead atoms. The lowest BCUT2D eigenvalue weighted by Gasteiger charge is -2.15. The van der Waals surface area contributed by atoms with Crippen LogP contribution in [0.4, 0.5) is 15.8 Å². The number of anilines is 2. The van der Waals surface area contributed by atoms with Crippen molar-refractivity contribution in [1.82, 2.24) is 0 Å². The molecule has 1 heterocycles. The van der Waals surface area contributed by atoms with Crippen LogP contribution < -0.4 is 19.7 Å². The van der Waals surface area contributed by atoms with E-state index in [1.54, 1.807) is 31.2 Å². The van der Waals surface area contributed by atoms with Gasteiger partial charge in [0, 0.05) is 0 Å². The Balaban J connectivity index is 1.53. The number of hydrogen-bond donors (Lipinski definition) is 1. The van der Waals surface area contributed by atoms with Crippen LogP contribution in [0.5, 0.6) is 11.5 Å². The number of benzene rings is 3. The van der Waals surface area contributed by atoms with Crippen molar-refractivity contribution in [2.75, 3.05) is 23.4 Å². The number of carbonyl (C=O) groups excluding carboxylic acids is 2. The first-order valence-corrected chi connectivity index (χ1v) is 12.8. The van der Waals surface area contributed by atoms with Crippen molar-refractivity contribution in [2.45, 2.75) is 13.8 Å². The monoisotopic (exact) mass is 556 g/mol. The maximum absolute atomic E-state index is 13.8. The minimum atomic E-state index is -0.562. The second-order valence-corrected chi connectivity index (χ2v) is 10.0. The van der Waals surface area contributed by atoms with E-state index < -0.39 is 18.3 Å². The predicted molar refractivity (Wildman–Crippen MR) is 150 cm³/mol. The molecule has 0 spiro atoms. The number of para-hydroxylation sites is 1. The molecule has 190 valence electrons. The molecule has 0 unspecified atom stereocenters. The molecule has 10 heteroatoms. The van der Waals surface area contributed by atoms with E-state index in [0.717, 1.165) is 5.56 Å². The molecule has 0 saturated carbocycles. The lowest BCUT2D eigenvalue weighted by atomic mass is 10.1. The van der Waals surface area contributed by atoms with Gasteiger partial charge in [-0.25, -0.2) is 4.39 Å². The highest BCUT2D eigenvalue weighted by molar-refractivity contribution is 8.27. The van der Waals surface area contributed by atoms with Crippen LogP contribution in [0.3, 0.4) is 0 Å². The lowest BCUT2D eigenvalue weighted by molar-refractivity contribution is -0.118. The summed E-state index contributed by atoms with van der Waals surface area (Å²) in [5.41, 5.74) is 2.37. The van der Waals surface area contributed by atoms with Gasteiger partial charge in [-0.2, -0.15) is 0 Å². The van der Waals surface area contributed by atoms with Crippen molar-refractivity contribution in [2.24, 2.45) is 0 Å². The molecule has 1 aliphatic rings. The Morgan fingerprint density at radius 3 is 2.68 bits per heavy atom. The van der Waals surface area contributed by atoms with Crippen LogP contribution in [0.15, 0.2) is 65.6 Å². The van der Waals surface area contributed by atoms with Gasteiger partial charge in [0.05, 0.1) is 27.9 Å². The van der Waals surface area contributed by atoms with Crippen molar-refractivity contribution in [1.29, 1.82) is 0 Å². The Morgan fingerprint density at radius 2 is 1.95 bits per heavy atom. The fraction of sp³-hybridized carbons (Fsp3) is 0.148. The molecule has 0 atom stereocenters. The third-order valence-electron chi connectivity index (χ3n) is 5.18. The van der Waals surface area contributed by atoms with E-state index in [1.807, 2.05) is 31.2 Å². The van der Waals surface area contributed by atoms with E-state index in [1.165, 1.54) is 34.9 Å². The number of nitrogens with one attached hydrogen (secondary N) is 1. The molecule has 1 N–H and O–H groups in total. The Bertz CT molecular complexity index is 1410. The highest BCUT2D eigenvalue weighted by Gasteiger charge is 2.33. The van der Waals surface area contributed by atoms with E-state index in [4.69, 9.17) is 33.3 Å². The Morgan fingerprint density at radius 1 is 1.16 bits per heavy atom. The van der Waals surface area contributed by atoms with Crippen molar-refractivity contribution < 1.29 is 23.5 Å². The third-order valence-corrected chi connectivity index (χ3v) is 6.76. The lowest BCUT2D eigenvalue weighted by Crippen LogP contribution is -2.27. The minimum Gasteiger partial charge on any atom is -0.490 e. The first-order valence-electron chi connectivity index (χ1n) is 11.2. The van der Waals surface area contributed by atoms with Gasteiger partial charge in [-0.05, 0) is 67.4 Å². The number of thiocarbonyl (C=S) groups is 1. The molecular weight excluding hydrogens is 535 g/mol. The molecule has 0 aliphatic carbocycles. The van der Waals surface area contributed by atoms with Crippen LogP contribution in [0.2, 0.25) is 5.02 Å². The molecule has 3 aromatic carbocycles. The summed E-state index contributed by atoms with van der Waals surface area (Å²) in [6, 6.07) is 16.6. The van der Waals surface area contributed by atoms with Gasteiger partial charge in [-0.1, -0.05) is 59.8 Å². The topological polar surface area (TPSA) is 67.9 Å². The summed E-state index contributed by atoms with van der Waals surface area (Å²) in [5, 5.41) is 2.64. The van der Waals surface area contributed by atoms with Crippen molar-refractivity contribution in [3.05, 3.63) is 87.5 Å².